The SMILES string of the molecule is N#CC(C(=O)c1ccc([N+](=O)[O-])o1)c1cccs1. The molecule has 0 saturated carbocycles. The van der Waals surface area contributed by atoms with Gasteiger partial charge in [0.15, 0.2) is 5.76 Å². The number of carbonyl (C=O) groups is 1. The number of nitrogens with zero attached hydrogens (tertiary/aromatic N) is 2. The van der Waals surface area contributed by atoms with E-state index in [0.717, 1.165) is 6.07 Å². The van der Waals surface area contributed by atoms with E-state index in [0.29, 0.717) is 4.88 Å². The van der Waals surface area contributed by atoms with Gasteiger partial charge < -0.3 is 4.42 Å². The number of thiophene rings is 1. The molecule has 1 atom stereocenters. The summed E-state index contributed by atoms with van der Waals surface area (Å²) in [6.07, 6.45) is 0. The van der Waals surface area contributed by atoms with Gasteiger partial charge in [-0.15, -0.1) is 11.3 Å². The highest BCUT2D eigenvalue weighted by molar-refractivity contribution is 7.10. The number of nitro groups is 1. The van der Waals surface area contributed by atoms with Crippen molar-refractivity contribution in [2.75, 3.05) is 0 Å². The lowest BCUT2D eigenvalue weighted by atomic mass is 10.0. The summed E-state index contributed by atoms with van der Waals surface area (Å²) in [6.45, 7) is 0. The van der Waals surface area contributed by atoms with Crippen molar-refractivity contribution in [3.05, 3.63) is 50.4 Å². The van der Waals surface area contributed by atoms with E-state index in [4.69, 9.17) is 9.68 Å². The maximum atomic E-state index is 12.0. The topological polar surface area (TPSA) is 97.1 Å². The fourth-order valence-corrected chi connectivity index (χ4v) is 2.17. The van der Waals surface area contributed by atoms with E-state index in [-0.39, 0.29) is 5.76 Å². The summed E-state index contributed by atoms with van der Waals surface area (Å²) in [5, 5.41) is 21.2. The number of ketones is 1. The summed E-state index contributed by atoms with van der Waals surface area (Å²) in [4.78, 5) is 22.3. The molecular formula is C11H6N2O4S. The lowest BCUT2D eigenvalue weighted by molar-refractivity contribution is -0.402. The summed E-state index contributed by atoms with van der Waals surface area (Å²) in [7, 11) is 0. The number of hydrogen-bond acceptors (Lipinski definition) is 6. The number of nitriles is 1. The summed E-state index contributed by atoms with van der Waals surface area (Å²) in [5.41, 5.74) is 0. The van der Waals surface area contributed by atoms with Gasteiger partial charge >= 0.3 is 5.88 Å². The first kappa shape index (κ1) is 12.0. The van der Waals surface area contributed by atoms with Gasteiger partial charge in [-0.2, -0.15) is 5.26 Å². The molecule has 0 spiro atoms. The number of Topliss-reactive ketones (excluding diaryl/α,β-unsaturated/α-hetero) is 1. The summed E-state index contributed by atoms with van der Waals surface area (Å²) >= 11 is 1.27. The molecule has 7 heteroatoms. The van der Waals surface area contributed by atoms with Gasteiger partial charge in [-0.3, -0.25) is 14.9 Å². The van der Waals surface area contributed by atoms with Gasteiger partial charge in [0, 0.05) is 4.88 Å². The van der Waals surface area contributed by atoms with Crippen LogP contribution in [0.4, 0.5) is 5.88 Å². The molecule has 0 aliphatic heterocycles. The van der Waals surface area contributed by atoms with Crippen LogP contribution in [0.5, 0.6) is 0 Å². The molecule has 2 rings (SSSR count). The molecule has 18 heavy (non-hydrogen) atoms. The van der Waals surface area contributed by atoms with Crippen molar-refractivity contribution in [1.29, 1.82) is 5.26 Å². The average molecular weight is 262 g/mol. The molecule has 2 aromatic rings. The molecule has 6 nitrogen and oxygen atoms in total. The Hall–Kier alpha value is -2.46. The van der Waals surface area contributed by atoms with Crippen molar-refractivity contribution < 1.29 is 14.1 Å². The van der Waals surface area contributed by atoms with Crippen molar-refractivity contribution >= 4 is 23.0 Å². The Morgan fingerprint density at radius 2 is 2.28 bits per heavy atom. The summed E-state index contributed by atoms with van der Waals surface area (Å²) < 4.78 is 4.79. The first-order chi connectivity index (χ1) is 8.63. The maximum absolute atomic E-state index is 12.0. The Balaban J connectivity index is 2.30. The zero-order chi connectivity index (χ0) is 13.1. The quantitative estimate of drug-likeness (QED) is 0.479. The number of rotatable bonds is 4. The molecule has 1 unspecified atom stereocenters. The third-order valence-electron chi connectivity index (χ3n) is 2.23. The molecule has 0 N–H and O–H groups in total. The van der Waals surface area contributed by atoms with Crippen LogP contribution < -0.4 is 0 Å². The van der Waals surface area contributed by atoms with Gasteiger partial charge in [-0.1, -0.05) is 6.07 Å². The minimum atomic E-state index is -0.990. The second-order valence-electron chi connectivity index (χ2n) is 3.34. The first-order valence-corrected chi connectivity index (χ1v) is 5.73. The lowest BCUT2D eigenvalue weighted by Gasteiger charge is -2.02. The highest BCUT2D eigenvalue weighted by Gasteiger charge is 2.27. The Bertz CT molecular complexity index is 624. The second kappa shape index (κ2) is 4.81. The second-order valence-corrected chi connectivity index (χ2v) is 4.32. The zero-order valence-corrected chi connectivity index (χ0v) is 9.72. The van der Waals surface area contributed by atoms with Gasteiger partial charge in [0.05, 0.1) is 12.1 Å². The minimum Gasteiger partial charge on any atom is -0.397 e. The average Bonchev–Trinajstić information content (AvgIpc) is 3.01. The van der Waals surface area contributed by atoms with Crippen molar-refractivity contribution in [2.24, 2.45) is 0 Å². The molecule has 0 amide bonds. The molecule has 2 aromatic heterocycles. The number of carbonyl (C=O) groups excluding carboxylic acids is 1. The lowest BCUT2D eigenvalue weighted by Crippen LogP contribution is -2.08. The zero-order valence-electron chi connectivity index (χ0n) is 8.90. The van der Waals surface area contributed by atoms with Crippen LogP contribution in [0.1, 0.15) is 21.3 Å². The van der Waals surface area contributed by atoms with Crippen LogP contribution >= 0.6 is 11.3 Å². The normalized spacial score (nSPS) is 11.7. The van der Waals surface area contributed by atoms with E-state index in [9.17, 15) is 14.9 Å². The van der Waals surface area contributed by atoms with E-state index >= 15 is 0 Å². The smallest absolute Gasteiger partial charge is 0.397 e. The Morgan fingerprint density at radius 3 is 2.78 bits per heavy atom. The highest BCUT2D eigenvalue weighted by Crippen LogP contribution is 2.26. The number of furan rings is 1. The van der Waals surface area contributed by atoms with Crippen LogP contribution in [0, 0.1) is 21.4 Å². The first-order valence-electron chi connectivity index (χ1n) is 4.85. The molecular weight excluding hydrogens is 256 g/mol. The van der Waals surface area contributed by atoms with Crippen LogP contribution in [0.2, 0.25) is 0 Å². The van der Waals surface area contributed by atoms with Crippen LogP contribution in [-0.4, -0.2) is 10.7 Å². The number of hydrogen-bond donors (Lipinski definition) is 0. The van der Waals surface area contributed by atoms with Crippen molar-refractivity contribution in [3.8, 4) is 6.07 Å². The monoisotopic (exact) mass is 262 g/mol. The minimum absolute atomic E-state index is 0.179. The fourth-order valence-electron chi connectivity index (χ4n) is 1.41. The van der Waals surface area contributed by atoms with Gasteiger partial charge in [0.2, 0.25) is 5.78 Å². The molecule has 2 heterocycles. The third kappa shape index (κ3) is 2.14. The van der Waals surface area contributed by atoms with Crippen LogP contribution in [0.15, 0.2) is 34.1 Å². The van der Waals surface area contributed by atoms with E-state index in [2.05, 4.69) is 0 Å². The molecule has 0 aromatic carbocycles. The van der Waals surface area contributed by atoms with Crippen molar-refractivity contribution in [2.45, 2.75) is 5.92 Å². The Kier molecular flexibility index (Phi) is 3.21. The fraction of sp³-hybridized carbons (Fsp3) is 0.0909. The van der Waals surface area contributed by atoms with Gasteiger partial charge in [-0.25, -0.2) is 0 Å². The van der Waals surface area contributed by atoms with Crippen molar-refractivity contribution in [3.63, 3.8) is 0 Å². The van der Waals surface area contributed by atoms with Crippen LogP contribution in [0.3, 0.4) is 0 Å². The molecule has 0 aliphatic rings. The van der Waals surface area contributed by atoms with E-state index in [1.54, 1.807) is 17.5 Å². The Labute approximate surface area is 105 Å². The molecule has 0 aliphatic carbocycles. The highest BCUT2D eigenvalue weighted by atomic mass is 32.1. The summed E-state index contributed by atoms with van der Waals surface area (Å²) in [5.74, 6) is -2.26. The molecule has 0 saturated heterocycles. The van der Waals surface area contributed by atoms with Gasteiger partial charge in [-0.05, 0) is 17.5 Å². The largest absolute Gasteiger partial charge is 0.433 e. The third-order valence-corrected chi connectivity index (χ3v) is 3.17. The van der Waals surface area contributed by atoms with E-state index in [1.165, 1.54) is 17.4 Å². The van der Waals surface area contributed by atoms with Crippen LogP contribution in [-0.2, 0) is 0 Å². The standard InChI is InChI=1S/C11H6N2O4S/c12-6-7(9-2-1-5-18-9)11(14)8-3-4-10(17-8)13(15)16/h1-5,7H. The molecule has 0 fully saturated rings. The van der Waals surface area contributed by atoms with Gasteiger partial charge in [0.25, 0.3) is 0 Å². The van der Waals surface area contributed by atoms with Crippen molar-refractivity contribution in [1.82, 2.24) is 0 Å². The van der Waals surface area contributed by atoms with Gasteiger partial charge in [0.1, 0.15) is 10.8 Å². The molecule has 0 bridgehead atoms. The molecule has 0 radical (unpaired) electrons. The van der Waals surface area contributed by atoms with E-state index < -0.39 is 22.5 Å². The Morgan fingerprint density at radius 1 is 1.50 bits per heavy atom. The van der Waals surface area contributed by atoms with Crippen LogP contribution in [0.25, 0.3) is 0 Å². The predicted octanol–water partition coefficient (Wildman–Crippen LogP) is 2.74. The van der Waals surface area contributed by atoms with E-state index in [1.807, 2.05) is 6.07 Å². The summed E-state index contributed by atoms with van der Waals surface area (Å²) in [6, 6.07) is 7.56. The predicted molar refractivity (Wildman–Crippen MR) is 62.4 cm³/mol. The molecule has 90 valence electrons. The maximum Gasteiger partial charge on any atom is 0.433 e.